The van der Waals surface area contributed by atoms with Gasteiger partial charge in [0.1, 0.15) is 11.3 Å². The van der Waals surface area contributed by atoms with Gasteiger partial charge in [-0.1, -0.05) is 12.1 Å². The molecule has 3 heterocycles. The van der Waals surface area contributed by atoms with E-state index in [-0.39, 0.29) is 29.7 Å². The lowest BCUT2D eigenvalue weighted by Crippen LogP contribution is -2.17. The lowest BCUT2D eigenvalue weighted by atomic mass is 10.1. The van der Waals surface area contributed by atoms with E-state index in [0.29, 0.717) is 34.5 Å². The van der Waals surface area contributed by atoms with Crippen molar-refractivity contribution < 1.29 is 22.5 Å². The van der Waals surface area contributed by atoms with Crippen LogP contribution in [0.2, 0.25) is 0 Å². The average Bonchev–Trinajstić information content (AvgIpc) is 3.22. The SMILES string of the molecule is CCn1c(-c2nonc2N)nc2cncc(-c3cccc(OC(F)(F)F)c3)c21.Cl. The van der Waals surface area contributed by atoms with E-state index >= 15 is 0 Å². The summed E-state index contributed by atoms with van der Waals surface area (Å²) in [6, 6.07) is 5.66. The molecule has 0 atom stereocenters. The van der Waals surface area contributed by atoms with Crippen molar-refractivity contribution in [3.8, 4) is 28.4 Å². The van der Waals surface area contributed by atoms with Crippen molar-refractivity contribution in [2.24, 2.45) is 0 Å². The van der Waals surface area contributed by atoms with Gasteiger partial charge in [-0.3, -0.25) is 4.98 Å². The van der Waals surface area contributed by atoms with Crippen LogP contribution in [0.25, 0.3) is 33.7 Å². The molecule has 0 aliphatic rings. The Hall–Kier alpha value is -3.34. The summed E-state index contributed by atoms with van der Waals surface area (Å²) in [4.78, 5) is 8.66. The van der Waals surface area contributed by atoms with Crippen molar-refractivity contribution in [2.75, 3.05) is 5.73 Å². The highest BCUT2D eigenvalue weighted by Gasteiger charge is 2.31. The van der Waals surface area contributed by atoms with Gasteiger partial charge in [-0.2, -0.15) is 0 Å². The summed E-state index contributed by atoms with van der Waals surface area (Å²) in [5.41, 5.74) is 8.33. The maximum absolute atomic E-state index is 12.6. The first kappa shape index (κ1) is 20.4. The van der Waals surface area contributed by atoms with E-state index in [4.69, 9.17) is 5.73 Å². The molecule has 4 rings (SSSR count). The molecule has 0 aliphatic heterocycles. The van der Waals surface area contributed by atoms with Gasteiger partial charge in [0.15, 0.2) is 17.3 Å². The van der Waals surface area contributed by atoms with Gasteiger partial charge >= 0.3 is 6.36 Å². The van der Waals surface area contributed by atoms with Crippen molar-refractivity contribution in [3.63, 3.8) is 0 Å². The maximum Gasteiger partial charge on any atom is 0.573 e. The Morgan fingerprint density at radius 3 is 2.66 bits per heavy atom. The smallest absolute Gasteiger partial charge is 0.406 e. The predicted molar refractivity (Wildman–Crippen MR) is 100 cm³/mol. The number of nitrogen functional groups attached to an aromatic ring is 1. The quantitative estimate of drug-likeness (QED) is 0.524. The van der Waals surface area contributed by atoms with Crippen molar-refractivity contribution in [3.05, 3.63) is 36.7 Å². The third-order valence-electron chi connectivity index (χ3n) is 4.07. The zero-order valence-corrected chi connectivity index (χ0v) is 15.7. The van der Waals surface area contributed by atoms with Crippen LogP contribution in [0.3, 0.4) is 0 Å². The molecule has 0 bridgehead atoms. The highest BCUT2D eigenvalue weighted by Crippen LogP contribution is 2.34. The molecule has 3 aromatic heterocycles. The van der Waals surface area contributed by atoms with E-state index in [1.165, 1.54) is 18.2 Å². The molecule has 0 radical (unpaired) electrons. The number of imidazole rings is 1. The monoisotopic (exact) mass is 426 g/mol. The number of nitrogens with zero attached hydrogens (tertiary/aromatic N) is 5. The van der Waals surface area contributed by atoms with E-state index in [2.05, 4.69) is 29.6 Å². The highest BCUT2D eigenvalue weighted by molar-refractivity contribution is 5.94. The van der Waals surface area contributed by atoms with Crippen molar-refractivity contribution >= 4 is 29.3 Å². The summed E-state index contributed by atoms with van der Waals surface area (Å²) < 4.78 is 48.2. The van der Waals surface area contributed by atoms with Gasteiger partial charge < -0.3 is 15.0 Å². The molecular formula is C17H14ClF3N6O2. The van der Waals surface area contributed by atoms with Crippen LogP contribution < -0.4 is 10.5 Å². The number of pyridine rings is 1. The molecule has 12 heteroatoms. The molecule has 8 nitrogen and oxygen atoms in total. The molecule has 0 fully saturated rings. The molecule has 152 valence electrons. The fourth-order valence-electron chi connectivity index (χ4n) is 3.00. The summed E-state index contributed by atoms with van der Waals surface area (Å²) in [7, 11) is 0. The second-order valence-corrected chi connectivity index (χ2v) is 5.81. The van der Waals surface area contributed by atoms with Gasteiger partial charge in [-0.25, -0.2) is 9.61 Å². The van der Waals surface area contributed by atoms with Crippen LogP contribution in [0.15, 0.2) is 41.3 Å². The van der Waals surface area contributed by atoms with E-state index in [1.807, 2.05) is 11.5 Å². The number of ether oxygens (including phenoxy) is 1. The first-order chi connectivity index (χ1) is 13.4. The third-order valence-corrected chi connectivity index (χ3v) is 4.07. The van der Waals surface area contributed by atoms with Crippen LogP contribution in [0.5, 0.6) is 5.75 Å². The van der Waals surface area contributed by atoms with Crippen LogP contribution in [0.1, 0.15) is 6.92 Å². The van der Waals surface area contributed by atoms with Crippen molar-refractivity contribution in [2.45, 2.75) is 19.8 Å². The summed E-state index contributed by atoms with van der Waals surface area (Å²) in [6.45, 7) is 2.38. The van der Waals surface area contributed by atoms with Crippen LogP contribution in [-0.4, -0.2) is 31.2 Å². The summed E-state index contributed by atoms with van der Waals surface area (Å²) in [5.74, 6) is 0.183. The molecule has 0 spiro atoms. The fourth-order valence-corrected chi connectivity index (χ4v) is 3.00. The average molecular weight is 427 g/mol. The fraction of sp³-hybridized carbons (Fsp3) is 0.176. The van der Waals surface area contributed by atoms with Gasteiger partial charge in [0.05, 0.1) is 11.7 Å². The second-order valence-electron chi connectivity index (χ2n) is 5.81. The standard InChI is InChI=1S/C17H13F3N6O2.ClH/c1-2-26-14-11(9-4-3-5-10(6-9)27-17(18,19)20)7-22-8-12(14)23-16(26)13-15(21)25-28-24-13;/h3-8H,2H2,1H3,(H2,21,25);1H. The number of fused-ring (bicyclic) bond motifs is 1. The lowest BCUT2D eigenvalue weighted by Gasteiger charge is -2.11. The van der Waals surface area contributed by atoms with Crippen LogP contribution in [0.4, 0.5) is 19.0 Å². The molecule has 29 heavy (non-hydrogen) atoms. The van der Waals surface area contributed by atoms with E-state index in [1.54, 1.807) is 18.5 Å². The molecule has 0 saturated carbocycles. The maximum atomic E-state index is 12.6. The van der Waals surface area contributed by atoms with E-state index < -0.39 is 6.36 Å². The van der Waals surface area contributed by atoms with Crippen molar-refractivity contribution in [1.82, 2.24) is 24.8 Å². The largest absolute Gasteiger partial charge is 0.573 e. The number of benzene rings is 1. The second kappa shape index (κ2) is 7.59. The summed E-state index contributed by atoms with van der Waals surface area (Å²) in [5, 5.41) is 7.35. The first-order valence-electron chi connectivity index (χ1n) is 8.16. The van der Waals surface area contributed by atoms with Gasteiger partial charge in [0.25, 0.3) is 0 Å². The van der Waals surface area contributed by atoms with Gasteiger partial charge in [0, 0.05) is 18.3 Å². The Balaban J connectivity index is 0.00000240. The van der Waals surface area contributed by atoms with Gasteiger partial charge in [-0.15, -0.1) is 25.6 Å². The summed E-state index contributed by atoms with van der Waals surface area (Å²) in [6.07, 6.45) is -1.68. The van der Waals surface area contributed by atoms with Crippen LogP contribution >= 0.6 is 12.4 Å². The van der Waals surface area contributed by atoms with Crippen LogP contribution in [-0.2, 0) is 6.54 Å². The molecule has 0 unspecified atom stereocenters. The Bertz CT molecular complexity index is 1160. The number of nitrogens with two attached hydrogens (primary N) is 1. The molecule has 4 aromatic rings. The number of aryl methyl sites for hydroxylation is 1. The van der Waals surface area contributed by atoms with Crippen LogP contribution in [0, 0.1) is 0 Å². The Morgan fingerprint density at radius 2 is 2.00 bits per heavy atom. The molecule has 1 aromatic carbocycles. The Kier molecular flexibility index (Phi) is 5.33. The van der Waals surface area contributed by atoms with E-state index in [0.717, 1.165) is 0 Å². The minimum absolute atomic E-state index is 0. The highest BCUT2D eigenvalue weighted by atomic mass is 35.5. The van der Waals surface area contributed by atoms with Gasteiger partial charge in [0.2, 0.25) is 0 Å². The molecule has 2 N–H and O–H groups in total. The zero-order chi connectivity index (χ0) is 19.9. The Morgan fingerprint density at radius 1 is 1.21 bits per heavy atom. The summed E-state index contributed by atoms with van der Waals surface area (Å²) >= 11 is 0. The predicted octanol–water partition coefficient (Wildman–Crippen LogP) is 4.07. The van der Waals surface area contributed by atoms with Crippen molar-refractivity contribution in [1.29, 1.82) is 0 Å². The minimum Gasteiger partial charge on any atom is -0.406 e. The number of aromatic nitrogens is 5. The number of rotatable bonds is 4. The first-order valence-corrected chi connectivity index (χ1v) is 8.16. The third kappa shape index (κ3) is 3.81. The normalized spacial score (nSPS) is 11.4. The lowest BCUT2D eigenvalue weighted by molar-refractivity contribution is -0.274. The number of anilines is 1. The number of halogens is 4. The van der Waals surface area contributed by atoms with Gasteiger partial charge in [-0.05, 0) is 34.9 Å². The number of hydrogen-bond donors (Lipinski definition) is 1. The minimum atomic E-state index is -4.78. The molecule has 0 aliphatic carbocycles. The number of hydrogen-bond acceptors (Lipinski definition) is 7. The Labute approximate surface area is 167 Å². The zero-order valence-electron chi connectivity index (χ0n) is 14.8. The van der Waals surface area contributed by atoms with E-state index in [9.17, 15) is 13.2 Å². The molecule has 0 amide bonds. The molecule has 0 saturated heterocycles. The number of alkyl halides is 3. The topological polar surface area (TPSA) is 105 Å². The molecular weight excluding hydrogens is 413 g/mol.